The van der Waals surface area contributed by atoms with Crippen molar-refractivity contribution in [2.24, 2.45) is 17.8 Å². The summed E-state index contributed by atoms with van der Waals surface area (Å²) in [7, 11) is 0. The van der Waals surface area contributed by atoms with Crippen LogP contribution in [0.3, 0.4) is 0 Å². The van der Waals surface area contributed by atoms with Crippen LogP contribution in [-0.4, -0.2) is 17.2 Å². The number of hydrogen-bond donors (Lipinski definition) is 2. The SMILES string of the molecule is O=C(Nc1ccc(-c2cccc(O)c2)cc1)C1C2CCC(F)C21. The Morgan fingerprint density at radius 1 is 1.09 bits per heavy atom. The molecule has 2 aromatic carbocycles. The van der Waals surface area contributed by atoms with Crippen molar-refractivity contribution in [3.05, 3.63) is 48.5 Å². The number of phenols is 1. The summed E-state index contributed by atoms with van der Waals surface area (Å²) in [6.07, 6.45) is 0.641. The minimum Gasteiger partial charge on any atom is -0.508 e. The van der Waals surface area contributed by atoms with Crippen molar-refractivity contribution < 1.29 is 14.3 Å². The lowest BCUT2D eigenvalue weighted by Gasteiger charge is -2.09. The molecule has 0 spiro atoms. The number of alkyl halides is 1. The number of phenolic OH excluding ortho intramolecular Hbond substituents is 1. The summed E-state index contributed by atoms with van der Waals surface area (Å²) in [5, 5.41) is 12.4. The zero-order valence-corrected chi connectivity index (χ0v) is 12.6. The van der Waals surface area contributed by atoms with E-state index in [4.69, 9.17) is 0 Å². The smallest absolute Gasteiger partial charge is 0.228 e. The molecule has 2 fully saturated rings. The molecule has 23 heavy (non-hydrogen) atoms. The fourth-order valence-electron chi connectivity index (χ4n) is 3.84. The lowest BCUT2D eigenvalue weighted by molar-refractivity contribution is -0.118. The summed E-state index contributed by atoms with van der Waals surface area (Å²) in [6.45, 7) is 0. The third-order valence-corrected chi connectivity index (χ3v) is 5.06. The van der Waals surface area contributed by atoms with Gasteiger partial charge < -0.3 is 10.4 Å². The van der Waals surface area contributed by atoms with Crippen LogP contribution in [0.5, 0.6) is 5.75 Å². The average molecular weight is 311 g/mol. The third-order valence-electron chi connectivity index (χ3n) is 5.06. The van der Waals surface area contributed by atoms with Crippen molar-refractivity contribution in [3.63, 3.8) is 0 Å². The Bertz CT molecular complexity index is 743. The van der Waals surface area contributed by atoms with Crippen LogP contribution in [0.4, 0.5) is 10.1 Å². The van der Waals surface area contributed by atoms with Gasteiger partial charge in [0.15, 0.2) is 0 Å². The van der Waals surface area contributed by atoms with Crippen LogP contribution in [0.2, 0.25) is 0 Å². The quantitative estimate of drug-likeness (QED) is 0.900. The van der Waals surface area contributed by atoms with E-state index in [9.17, 15) is 14.3 Å². The number of aromatic hydroxyl groups is 1. The number of amides is 1. The molecule has 4 heteroatoms. The number of rotatable bonds is 3. The first-order valence-corrected chi connectivity index (χ1v) is 7.98. The molecule has 1 amide bonds. The molecule has 2 aromatic rings. The molecule has 0 radical (unpaired) electrons. The van der Waals surface area contributed by atoms with E-state index >= 15 is 0 Å². The Morgan fingerprint density at radius 2 is 1.87 bits per heavy atom. The minimum absolute atomic E-state index is 0.0541. The van der Waals surface area contributed by atoms with Gasteiger partial charge in [0.05, 0.1) is 0 Å². The van der Waals surface area contributed by atoms with E-state index in [1.807, 2.05) is 30.3 Å². The Hall–Kier alpha value is -2.36. The molecule has 3 nitrogen and oxygen atoms in total. The van der Waals surface area contributed by atoms with E-state index in [-0.39, 0.29) is 29.4 Å². The van der Waals surface area contributed by atoms with Gasteiger partial charge in [-0.1, -0.05) is 24.3 Å². The predicted octanol–water partition coefficient (Wildman–Crippen LogP) is 3.99. The molecule has 0 bridgehead atoms. The highest BCUT2D eigenvalue weighted by atomic mass is 19.1. The maximum atomic E-state index is 13.6. The average Bonchev–Trinajstić information content (AvgIpc) is 3.17. The van der Waals surface area contributed by atoms with Crippen LogP contribution < -0.4 is 5.32 Å². The molecule has 4 rings (SSSR count). The van der Waals surface area contributed by atoms with E-state index < -0.39 is 6.17 Å². The number of halogens is 1. The Kier molecular flexibility index (Phi) is 3.33. The van der Waals surface area contributed by atoms with Crippen molar-refractivity contribution in [1.82, 2.24) is 0 Å². The normalized spacial score (nSPS) is 28.2. The van der Waals surface area contributed by atoms with Crippen molar-refractivity contribution in [1.29, 1.82) is 0 Å². The van der Waals surface area contributed by atoms with Crippen molar-refractivity contribution >= 4 is 11.6 Å². The van der Waals surface area contributed by atoms with Gasteiger partial charge in [0.25, 0.3) is 0 Å². The Labute approximate surface area is 134 Å². The summed E-state index contributed by atoms with van der Waals surface area (Å²) in [5.41, 5.74) is 2.60. The van der Waals surface area contributed by atoms with E-state index in [0.29, 0.717) is 6.42 Å². The number of fused-ring (bicyclic) bond motifs is 1. The van der Waals surface area contributed by atoms with Gasteiger partial charge in [-0.05, 0) is 54.2 Å². The van der Waals surface area contributed by atoms with Crippen LogP contribution >= 0.6 is 0 Å². The molecule has 118 valence electrons. The maximum absolute atomic E-state index is 13.6. The molecule has 2 aliphatic rings. The fraction of sp³-hybridized carbons (Fsp3) is 0.316. The third kappa shape index (κ3) is 2.58. The molecule has 0 aromatic heterocycles. The molecule has 2 aliphatic carbocycles. The Balaban J connectivity index is 1.44. The van der Waals surface area contributed by atoms with Crippen molar-refractivity contribution in [2.45, 2.75) is 19.0 Å². The maximum Gasteiger partial charge on any atom is 0.228 e. The number of nitrogens with one attached hydrogen (secondary N) is 1. The van der Waals surface area contributed by atoms with Gasteiger partial charge in [-0.25, -0.2) is 4.39 Å². The van der Waals surface area contributed by atoms with Crippen LogP contribution in [0.15, 0.2) is 48.5 Å². The topological polar surface area (TPSA) is 49.3 Å². The van der Waals surface area contributed by atoms with Crippen molar-refractivity contribution in [3.8, 4) is 16.9 Å². The summed E-state index contributed by atoms with van der Waals surface area (Å²) in [6, 6.07) is 14.5. The number of hydrogen-bond acceptors (Lipinski definition) is 2. The molecule has 4 atom stereocenters. The van der Waals surface area contributed by atoms with Crippen molar-refractivity contribution in [2.75, 3.05) is 5.32 Å². The van der Waals surface area contributed by atoms with Crippen LogP contribution in [-0.2, 0) is 4.79 Å². The second-order valence-electron chi connectivity index (χ2n) is 6.48. The van der Waals surface area contributed by atoms with Gasteiger partial charge in [0, 0.05) is 17.5 Å². The van der Waals surface area contributed by atoms with E-state index in [1.54, 1.807) is 18.2 Å². The summed E-state index contributed by atoms with van der Waals surface area (Å²) in [4.78, 5) is 12.2. The van der Waals surface area contributed by atoms with E-state index in [1.165, 1.54) is 0 Å². The zero-order valence-electron chi connectivity index (χ0n) is 12.6. The lowest BCUT2D eigenvalue weighted by Crippen LogP contribution is -2.18. The van der Waals surface area contributed by atoms with Crippen LogP contribution in [0.25, 0.3) is 11.1 Å². The van der Waals surface area contributed by atoms with Gasteiger partial charge >= 0.3 is 0 Å². The standard InChI is InChI=1S/C19H18FNO2/c20-16-9-8-15-17(16)18(15)19(23)21-13-6-4-11(5-7-13)12-2-1-3-14(22)10-12/h1-7,10,15-18,22H,8-9H2,(H,21,23). The first-order valence-electron chi connectivity index (χ1n) is 7.98. The molecule has 0 aliphatic heterocycles. The van der Waals surface area contributed by atoms with Gasteiger partial charge in [-0.2, -0.15) is 0 Å². The Morgan fingerprint density at radius 3 is 2.52 bits per heavy atom. The zero-order chi connectivity index (χ0) is 16.0. The summed E-state index contributed by atoms with van der Waals surface area (Å²) in [5.74, 6) is 0.205. The van der Waals surface area contributed by atoms with Crippen LogP contribution in [0.1, 0.15) is 12.8 Å². The number of carbonyl (C=O) groups is 1. The predicted molar refractivity (Wildman–Crippen MR) is 86.8 cm³/mol. The number of benzene rings is 2. The highest BCUT2D eigenvalue weighted by molar-refractivity contribution is 5.95. The highest BCUT2D eigenvalue weighted by Gasteiger charge is 2.61. The van der Waals surface area contributed by atoms with E-state index in [2.05, 4.69) is 5.32 Å². The molecule has 2 saturated carbocycles. The summed E-state index contributed by atoms with van der Waals surface area (Å²) < 4.78 is 13.6. The highest BCUT2D eigenvalue weighted by Crippen LogP contribution is 2.58. The van der Waals surface area contributed by atoms with Gasteiger partial charge in [0.1, 0.15) is 11.9 Å². The number of carbonyl (C=O) groups excluding carboxylic acids is 1. The largest absolute Gasteiger partial charge is 0.508 e. The second-order valence-corrected chi connectivity index (χ2v) is 6.48. The fourth-order valence-corrected chi connectivity index (χ4v) is 3.84. The van der Waals surface area contributed by atoms with Gasteiger partial charge in [-0.3, -0.25) is 4.79 Å². The minimum atomic E-state index is -0.802. The van der Waals surface area contributed by atoms with Crippen LogP contribution in [0, 0.1) is 17.8 Å². The first-order chi connectivity index (χ1) is 11.1. The lowest BCUT2D eigenvalue weighted by atomic mass is 10.0. The molecule has 4 unspecified atom stereocenters. The molecule has 0 heterocycles. The number of anilines is 1. The van der Waals surface area contributed by atoms with Gasteiger partial charge in [-0.15, -0.1) is 0 Å². The van der Waals surface area contributed by atoms with Gasteiger partial charge in [0.2, 0.25) is 5.91 Å². The van der Waals surface area contributed by atoms with E-state index in [0.717, 1.165) is 23.2 Å². The molecular formula is C19H18FNO2. The second kappa shape index (κ2) is 5.37. The molecule has 2 N–H and O–H groups in total. The monoisotopic (exact) mass is 311 g/mol. The summed E-state index contributed by atoms with van der Waals surface area (Å²) >= 11 is 0. The molecular weight excluding hydrogens is 293 g/mol. The first kappa shape index (κ1) is 14.2. The molecule has 0 saturated heterocycles.